The number of nitro benzene ring substituents is 1. The first-order valence-electron chi connectivity index (χ1n) is 9.40. The highest BCUT2D eigenvalue weighted by molar-refractivity contribution is 9.10. The zero-order chi connectivity index (χ0) is 23.0. The van der Waals surface area contributed by atoms with Gasteiger partial charge in [-0.15, -0.1) is 0 Å². The van der Waals surface area contributed by atoms with Crippen LogP contribution in [0.5, 0.6) is 0 Å². The number of fused-ring (bicyclic) bond motifs is 1. The second kappa shape index (κ2) is 8.60. The smallest absolute Gasteiger partial charge is 0.307 e. The number of aromatic nitrogens is 1. The number of amides is 1. The van der Waals surface area contributed by atoms with Crippen molar-refractivity contribution in [2.45, 2.75) is 13.8 Å². The number of carbonyl (C=O) groups is 1. The second-order valence-corrected chi connectivity index (χ2v) is 8.31. The van der Waals surface area contributed by atoms with Crippen LogP contribution in [0.25, 0.3) is 16.7 Å². The molecule has 0 saturated heterocycles. The highest BCUT2D eigenvalue weighted by Crippen LogP contribution is 2.28. The van der Waals surface area contributed by atoms with Gasteiger partial charge in [-0.2, -0.15) is 5.10 Å². The summed E-state index contributed by atoms with van der Waals surface area (Å²) < 4.78 is 8.31. The average molecular weight is 516 g/mol. The molecule has 0 radical (unpaired) electrons. The highest BCUT2D eigenvalue weighted by Gasteiger charge is 2.15. The monoisotopic (exact) mass is 514 g/mol. The van der Waals surface area contributed by atoms with Crippen LogP contribution in [-0.2, 0) is 0 Å². The first kappa shape index (κ1) is 21.8. The van der Waals surface area contributed by atoms with E-state index >= 15 is 0 Å². The molecule has 2 aromatic heterocycles. The van der Waals surface area contributed by atoms with Crippen molar-refractivity contribution in [1.82, 2.24) is 9.99 Å². The van der Waals surface area contributed by atoms with Crippen LogP contribution in [0, 0.1) is 24.0 Å². The summed E-state index contributed by atoms with van der Waals surface area (Å²) >= 11 is 9.62. The number of hydrazone groups is 1. The van der Waals surface area contributed by atoms with Crippen molar-refractivity contribution in [2.24, 2.45) is 5.10 Å². The first-order valence-corrected chi connectivity index (χ1v) is 10.6. The van der Waals surface area contributed by atoms with E-state index in [9.17, 15) is 14.9 Å². The van der Waals surface area contributed by atoms with Gasteiger partial charge in [-0.3, -0.25) is 14.9 Å². The average Bonchev–Trinajstić information content (AvgIpc) is 3.30. The predicted octanol–water partition coefficient (Wildman–Crippen LogP) is 5.93. The fourth-order valence-electron chi connectivity index (χ4n) is 3.41. The van der Waals surface area contributed by atoms with E-state index in [0.717, 1.165) is 27.1 Å². The number of halogens is 2. The molecule has 0 spiro atoms. The van der Waals surface area contributed by atoms with E-state index in [1.54, 1.807) is 6.21 Å². The summed E-state index contributed by atoms with van der Waals surface area (Å²) in [5.74, 6) is -0.554. The normalized spacial score (nSPS) is 11.4. The minimum atomic E-state index is -0.561. The van der Waals surface area contributed by atoms with Gasteiger partial charge in [-0.1, -0.05) is 11.6 Å². The molecule has 0 bridgehead atoms. The molecule has 0 aliphatic rings. The van der Waals surface area contributed by atoms with Gasteiger partial charge in [-0.25, -0.2) is 5.43 Å². The molecule has 0 fully saturated rings. The molecular weight excluding hydrogens is 500 g/mol. The summed E-state index contributed by atoms with van der Waals surface area (Å²) in [4.78, 5) is 22.8. The maximum atomic E-state index is 12.4. The lowest BCUT2D eigenvalue weighted by molar-refractivity contribution is -0.384. The summed E-state index contributed by atoms with van der Waals surface area (Å²) in [7, 11) is 0. The molecule has 8 nitrogen and oxygen atoms in total. The van der Waals surface area contributed by atoms with Crippen LogP contribution in [0.2, 0.25) is 5.02 Å². The summed E-state index contributed by atoms with van der Waals surface area (Å²) in [6.07, 6.45) is 1.55. The molecule has 2 heterocycles. The third-order valence-corrected chi connectivity index (χ3v) is 6.17. The van der Waals surface area contributed by atoms with E-state index in [-0.39, 0.29) is 11.4 Å². The fraction of sp³-hybridized carbons (Fsp3) is 0.0909. The zero-order valence-electron chi connectivity index (χ0n) is 16.9. The molecule has 0 atom stereocenters. The van der Waals surface area contributed by atoms with Crippen molar-refractivity contribution in [3.8, 4) is 5.69 Å². The van der Waals surface area contributed by atoms with Crippen molar-refractivity contribution >= 4 is 56.3 Å². The number of hydrogen-bond acceptors (Lipinski definition) is 5. The number of furan rings is 1. The summed E-state index contributed by atoms with van der Waals surface area (Å²) in [5, 5.41) is 16.0. The third-order valence-electron chi connectivity index (χ3n) is 4.94. The number of carbonyl (C=O) groups excluding carboxylic acids is 1. The van der Waals surface area contributed by atoms with E-state index in [0.29, 0.717) is 16.0 Å². The number of nitrogens with zero attached hydrogens (tertiary/aromatic N) is 3. The Bertz CT molecular complexity index is 1410. The number of hydrogen-bond donors (Lipinski definition) is 1. The maximum absolute atomic E-state index is 12.4. The summed E-state index contributed by atoms with van der Waals surface area (Å²) in [6.45, 7) is 3.91. The minimum Gasteiger partial charge on any atom is -0.451 e. The fourth-order valence-corrected chi connectivity index (χ4v) is 3.83. The van der Waals surface area contributed by atoms with Gasteiger partial charge >= 0.3 is 5.91 Å². The van der Waals surface area contributed by atoms with Gasteiger partial charge in [0.05, 0.1) is 16.2 Å². The van der Waals surface area contributed by atoms with Crippen LogP contribution in [0.3, 0.4) is 0 Å². The van der Waals surface area contributed by atoms with Crippen LogP contribution in [-0.4, -0.2) is 21.6 Å². The van der Waals surface area contributed by atoms with Crippen LogP contribution in [0.4, 0.5) is 5.69 Å². The van der Waals surface area contributed by atoms with Gasteiger partial charge in [0, 0.05) is 44.6 Å². The van der Waals surface area contributed by atoms with Crippen LogP contribution >= 0.6 is 27.5 Å². The molecule has 1 N–H and O–H groups in total. The van der Waals surface area contributed by atoms with E-state index in [1.165, 1.54) is 24.3 Å². The SMILES string of the molecule is Cc1cc(/C=N/NC(=O)c2cc3cc([N+](=O)[O-])ccc3o2)c(C)n1-c1ccc(Br)c(Cl)c1. The van der Waals surface area contributed by atoms with Gasteiger partial charge in [0.25, 0.3) is 5.69 Å². The van der Waals surface area contributed by atoms with Crippen LogP contribution in [0.1, 0.15) is 27.5 Å². The molecule has 0 aliphatic heterocycles. The molecule has 0 aliphatic carbocycles. The molecular formula is C22H16BrClN4O4. The molecule has 0 saturated carbocycles. The van der Waals surface area contributed by atoms with Gasteiger partial charge < -0.3 is 8.98 Å². The number of aryl methyl sites for hydroxylation is 1. The van der Waals surface area contributed by atoms with Gasteiger partial charge in [-0.05, 0) is 66.2 Å². The Labute approximate surface area is 195 Å². The number of nitro groups is 1. The largest absolute Gasteiger partial charge is 0.451 e. The number of rotatable bonds is 5. The lowest BCUT2D eigenvalue weighted by Crippen LogP contribution is -2.16. The molecule has 0 unspecified atom stereocenters. The van der Waals surface area contributed by atoms with Crippen LogP contribution < -0.4 is 5.43 Å². The lowest BCUT2D eigenvalue weighted by atomic mass is 10.2. The van der Waals surface area contributed by atoms with E-state index in [2.05, 4.69) is 26.5 Å². The molecule has 4 aromatic rings. The van der Waals surface area contributed by atoms with Gasteiger partial charge in [0.2, 0.25) is 0 Å². The van der Waals surface area contributed by atoms with Gasteiger partial charge in [0.15, 0.2) is 5.76 Å². The van der Waals surface area contributed by atoms with Crippen molar-refractivity contribution < 1.29 is 14.1 Å². The Morgan fingerprint density at radius 1 is 1.22 bits per heavy atom. The second-order valence-electron chi connectivity index (χ2n) is 7.05. The molecule has 1 amide bonds. The van der Waals surface area contributed by atoms with Crippen LogP contribution in [0.15, 0.2) is 62.5 Å². The Hall–Kier alpha value is -3.43. The molecule has 162 valence electrons. The van der Waals surface area contributed by atoms with Crippen molar-refractivity contribution in [3.05, 3.63) is 90.9 Å². The topological polar surface area (TPSA) is 103 Å². The Balaban J connectivity index is 1.53. The number of nitrogens with one attached hydrogen (secondary N) is 1. The standard InChI is InChI=1S/C22H16BrClN4O4/c1-12-7-15(13(2)27(12)16-3-5-18(23)19(24)10-16)11-25-26-22(29)21-9-14-8-17(28(30)31)4-6-20(14)32-21/h3-11H,1-2H3,(H,26,29)/b25-11+. The van der Waals surface area contributed by atoms with E-state index < -0.39 is 10.8 Å². The highest BCUT2D eigenvalue weighted by atomic mass is 79.9. The van der Waals surface area contributed by atoms with Crippen molar-refractivity contribution in [2.75, 3.05) is 0 Å². The van der Waals surface area contributed by atoms with Crippen molar-refractivity contribution in [3.63, 3.8) is 0 Å². The Morgan fingerprint density at radius 2 is 2.00 bits per heavy atom. The van der Waals surface area contributed by atoms with E-state index in [1.807, 2.05) is 42.7 Å². The Morgan fingerprint density at radius 3 is 2.72 bits per heavy atom. The quantitative estimate of drug-likeness (QED) is 0.202. The molecule has 10 heteroatoms. The first-order chi connectivity index (χ1) is 15.2. The molecule has 4 rings (SSSR count). The van der Waals surface area contributed by atoms with Gasteiger partial charge in [0.1, 0.15) is 5.58 Å². The summed E-state index contributed by atoms with van der Waals surface area (Å²) in [6, 6.07) is 13.2. The third kappa shape index (κ3) is 4.17. The number of non-ortho nitro benzene ring substituents is 1. The molecule has 2 aromatic carbocycles. The summed E-state index contributed by atoms with van der Waals surface area (Å²) in [5.41, 5.74) is 6.36. The van der Waals surface area contributed by atoms with E-state index in [4.69, 9.17) is 16.0 Å². The minimum absolute atomic E-state index is 0.00706. The lowest BCUT2D eigenvalue weighted by Gasteiger charge is -2.10. The number of benzene rings is 2. The molecule has 32 heavy (non-hydrogen) atoms. The Kier molecular flexibility index (Phi) is 5.86. The zero-order valence-corrected chi connectivity index (χ0v) is 19.3. The van der Waals surface area contributed by atoms with Crippen molar-refractivity contribution in [1.29, 1.82) is 0 Å². The predicted molar refractivity (Wildman–Crippen MR) is 126 cm³/mol. The maximum Gasteiger partial charge on any atom is 0.307 e.